The van der Waals surface area contributed by atoms with E-state index in [0.717, 1.165) is 54.1 Å². The molecule has 0 radical (unpaired) electrons. The van der Waals surface area contributed by atoms with Crippen LogP contribution in [0.1, 0.15) is 53.5 Å². The highest BCUT2D eigenvalue weighted by molar-refractivity contribution is 5.91. The Hall–Kier alpha value is -5.33. The summed E-state index contributed by atoms with van der Waals surface area (Å²) < 4.78 is 56.0. The molecule has 0 unspecified atom stereocenters. The molecule has 0 spiro atoms. The van der Waals surface area contributed by atoms with E-state index in [0.29, 0.717) is 5.56 Å². The van der Waals surface area contributed by atoms with Crippen molar-refractivity contribution < 1.29 is 86.0 Å². The third kappa shape index (κ3) is 9.42. The average Bonchev–Trinajstić information content (AvgIpc) is 3.30. The molecule has 1 aromatic rings. The predicted octanol–water partition coefficient (Wildman–Crippen LogP) is 1.20. The lowest BCUT2D eigenvalue weighted by Crippen LogP contribution is -2.65. The molecule has 294 valence electrons. The van der Waals surface area contributed by atoms with Crippen LogP contribution in [0.25, 0.3) is 6.08 Å². The molecule has 54 heavy (non-hydrogen) atoms. The lowest BCUT2D eigenvalue weighted by atomic mass is 9.77. The van der Waals surface area contributed by atoms with Gasteiger partial charge in [0.25, 0.3) is 0 Å². The Morgan fingerprint density at radius 1 is 0.815 bits per heavy atom. The molecular formula is C36H42O18. The fourth-order valence-corrected chi connectivity index (χ4v) is 6.76. The van der Waals surface area contributed by atoms with Crippen LogP contribution >= 0.6 is 0 Å². The third-order valence-corrected chi connectivity index (χ3v) is 8.78. The Morgan fingerprint density at radius 2 is 1.43 bits per heavy atom. The fraction of sp³-hybridized carbons (Fsp3) is 0.528. The number of carbonyl (C=O) groups excluding carboxylic acids is 7. The van der Waals surface area contributed by atoms with Gasteiger partial charge in [-0.3, -0.25) is 24.0 Å². The predicted molar refractivity (Wildman–Crippen MR) is 177 cm³/mol. The maximum atomic E-state index is 13.2. The Balaban J connectivity index is 1.80. The van der Waals surface area contributed by atoms with Gasteiger partial charge >= 0.3 is 41.8 Å². The molecule has 2 heterocycles. The molecular weight excluding hydrogens is 720 g/mol. The monoisotopic (exact) mass is 762 g/mol. The second-order valence-corrected chi connectivity index (χ2v) is 12.8. The number of ether oxygens (including phenoxy) is 10. The van der Waals surface area contributed by atoms with Crippen LogP contribution < -0.4 is 0 Å². The van der Waals surface area contributed by atoms with Crippen molar-refractivity contribution in [2.24, 2.45) is 5.92 Å². The molecule has 1 aromatic carbocycles. The van der Waals surface area contributed by atoms with Gasteiger partial charge in [-0.15, -0.1) is 0 Å². The van der Waals surface area contributed by atoms with Crippen molar-refractivity contribution in [3.8, 4) is 0 Å². The van der Waals surface area contributed by atoms with Crippen LogP contribution in [0.4, 0.5) is 0 Å². The summed E-state index contributed by atoms with van der Waals surface area (Å²) >= 11 is 0. The summed E-state index contributed by atoms with van der Waals surface area (Å²) in [6, 6.07) is 8.77. The molecule has 4 rings (SSSR count). The minimum absolute atomic E-state index is 0.451. The van der Waals surface area contributed by atoms with Crippen LogP contribution in [0.3, 0.4) is 0 Å². The van der Waals surface area contributed by atoms with E-state index in [-0.39, 0.29) is 0 Å². The highest BCUT2D eigenvalue weighted by Crippen LogP contribution is 2.55. The number of esters is 7. The molecule has 1 saturated carbocycles. The van der Waals surface area contributed by atoms with E-state index in [2.05, 4.69) is 0 Å². The molecule has 0 amide bonds. The van der Waals surface area contributed by atoms with Gasteiger partial charge in [-0.05, 0) is 18.6 Å². The normalized spacial score (nSPS) is 31.4. The summed E-state index contributed by atoms with van der Waals surface area (Å²) in [6.07, 6.45) is -8.48. The number of fused-ring (bicyclic) bond motifs is 1. The first-order valence-corrected chi connectivity index (χ1v) is 16.7. The van der Waals surface area contributed by atoms with E-state index in [1.807, 2.05) is 0 Å². The molecule has 2 fully saturated rings. The Bertz CT molecular complexity index is 1670. The van der Waals surface area contributed by atoms with Crippen molar-refractivity contribution in [3.05, 3.63) is 53.8 Å². The van der Waals surface area contributed by atoms with Crippen LogP contribution in [0.2, 0.25) is 0 Å². The minimum atomic E-state index is -2.35. The van der Waals surface area contributed by atoms with E-state index in [1.54, 1.807) is 30.3 Å². The van der Waals surface area contributed by atoms with Gasteiger partial charge in [0.05, 0.1) is 19.3 Å². The Labute approximate surface area is 309 Å². The molecule has 10 atom stereocenters. The van der Waals surface area contributed by atoms with E-state index in [1.165, 1.54) is 13.0 Å². The number of rotatable bonds is 12. The zero-order chi connectivity index (χ0) is 40.0. The van der Waals surface area contributed by atoms with E-state index < -0.39 is 121 Å². The van der Waals surface area contributed by atoms with E-state index in [4.69, 9.17) is 47.4 Å². The first-order valence-electron chi connectivity index (χ1n) is 16.7. The molecule has 1 saturated heterocycles. The van der Waals surface area contributed by atoms with Crippen molar-refractivity contribution in [2.45, 2.75) is 102 Å². The first-order chi connectivity index (χ1) is 25.4. The molecule has 1 aliphatic carbocycles. The van der Waals surface area contributed by atoms with Gasteiger partial charge in [-0.2, -0.15) is 0 Å². The van der Waals surface area contributed by atoms with Crippen LogP contribution in [0.15, 0.2) is 48.2 Å². The minimum Gasteiger partial charge on any atom is -0.471 e. The number of benzene rings is 1. The SMILES string of the molecule is COC(=O)C1=CO[C@@H](O[C@@H]2O[C@H](COC(C)=O)[C@@H](OC(C)=O)[C@H](OC(C)=O)[C@H]2OC(C)=O)[C@@H]2[C@@](C)(OC(C)=O)[C@@H](OC(=O)C=Cc3ccccc3)C[C@]12O. The second kappa shape index (κ2) is 17.2. The van der Waals surface area contributed by atoms with Gasteiger partial charge in [0.15, 0.2) is 23.9 Å². The van der Waals surface area contributed by atoms with Gasteiger partial charge in [-0.1, -0.05) is 30.3 Å². The first kappa shape index (κ1) is 41.4. The highest BCUT2D eigenvalue weighted by atomic mass is 16.8. The van der Waals surface area contributed by atoms with Gasteiger partial charge < -0.3 is 52.5 Å². The quantitative estimate of drug-likeness (QED) is 0.179. The summed E-state index contributed by atoms with van der Waals surface area (Å²) in [5, 5.41) is 12.4. The van der Waals surface area contributed by atoms with Gasteiger partial charge in [0, 0.05) is 47.1 Å². The van der Waals surface area contributed by atoms with Gasteiger partial charge in [0.2, 0.25) is 12.6 Å². The van der Waals surface area contributed by atoms with E-state index >= 15 is 0 Å². The summed E-state index contributed by atoms with van der Waals surface area (Å²) in [5.74, 6) is -7.91. The van der Waals surface area contributed by atoms with Crippen molar-refractivity contribution in [1.29, 1.82) is 0 Å². The maximum absolute atomic E-state index is 13.2. The molecule has 0 bridgehead atoms. The maximum Gasteiger partial charge on any atom is 0.339 e. The molecule has 2 aliphatic heterocycles. The van der Waals surface area contributed by atoms with Crippen molar-refractivity contribution in [1.82, 2.24) is 0 Å². The number of hydrogen-bond acceptors (Lipinski definition) is 18. The topological polar surface area (TPSA) is 232 Å². The van der Waals surface area contributed by atoms with Crippen molar-refractivity contribution in [3.63, 3.8) is 0 Å². The number of carbonyl (C=O) groups is 7. The fourth-order valence-electron chi connectivity index (χ4n) is 6.76. The lowest BCUT2D eigenvalue weighted by Gasteiger charge is -2.48. The Kier molecular flexibility index (Phi) is 13.2. The second-order valence-electron chi connectivity index (χ2n) is 12.8. The molecule has 0 aromatic heterocycles. The lowest BCUT2D eigenvalue weighted by molar-refractivity contribution is -0.354. The zero-order valence-electron chi connectivity index (χ0n) is 30.5. The molecule has 18 nitrogen and oxygen atoms in total. The summed E-state index contributed by atoms with van der Waals surface area (Å²) in [5.41, 5.74) is -4.16. The summed E-state index contributed by atoms with van der Waals surface area (Å²) in [6.45, 7) is 6.01. The molecule has 3 aliphatic rings. The number of hydrogen-bond donors (Lipinski definition) is 1. The molecule has 1 N–H and O–H groups in total. The zero-order valence-corrected chi connectivity index (χ0v) is 30.5. The highest BCUT2D eigenvalue weighted by Gasteiger charge is 2.71. The van der Waals surface area contributed by atoms with Crippen LogP contribution in [0.5, 0.6) is 0 Å². The largest absolute Gasteiger partial charge is 0.471 e. The van der Waals surface area contributed by atoms with Crippen LogP contribution in [0, 0.1) is 5.92 Å². The average molecular weight is 763 g/mol. The summed E-state index contributed by atoms with van der Waals surface area (Å²) in [7, 11) is 1.05. The number of methoxy groups -OCH3 is 1. The third-order valence-electron chi connectivity index (χ3n) is 8.78. The standard InChI is InChI=1S/C36H42O18/c1-18(37)46-17-25-28(48-19(2)38)29(49-20(3)39)30(50-21(4)40)33(51-25)53-34-31-35(6,54-22(5)41)26(15-36(31,44)24(16-47-34)32(43)45-7)52-27(42)14-13-23-11-9-8-10-12-23/h8-14,16,25-26,28-31,33-34,44H,15,17H2,1-7H3/t25-,26+,28-,29+,30-,31-,33+,34+,35+,36+/m1/s1. The molecule has 18 heteroatoms. The smallest absolute Gasteiger partial charge is 0.339 e. The Morgan fingerprint density at radius 3 is 2.00 bits per heavy atom. The van der Waals surface area contributed by atoms with Gasteiger partial charge in [-0.25, -0.2) is 9.59 Å². The summed E-state index contributed by atoms with van der Waals surface area (Å²) in [4.78, 5) is 87.5. The van der Waals surface area contributed by atoms with Crippen LogP contribution in [-0.2, 0) is 80.9 Å². The van der Waals surface area contributed by atoms with Crippen molar-refractivity contribution >= 4 is 47.9 Å². The number of aliphatic hydroxyl groups is 1. The van der Waals surface area contributed by atoms with Gasteiger partial charge in [0.1, 0.15) is 30.0 Å². The van der Waals surface area contributed by atoms with E-state index in [9.17, 15) is 38.7 Å². The van der Waals surface area contributed by atoms with Crippen molar-refractivity contribution in [2.75, 3.05) is 13.7 Å². The van der Waals surface area contributed by atoms with Crippen LogP contribution in [-0.4, -0.2) is 115 Å².